The fourth-order valence-electron chi connectivity index (χ4n) is 4.24. The summed E-state index contributed by atoms with van der Waals surface area (Å²) >= 11 is 0. The number of rotatable bonds is 5. The summed E-state index contributed by atoms with van der Waals surface area (Å²) in [5, 5.41) is 4.42. The fraction of sp³-hybridized carbons (Fsp3) is 0.333. The minimum absolute atomic E-state index is 0.168. The van der Waals surface area contributed by atoms with Gasteiger partial charge in [-0.05, 0) is 54.2 Å². The van der Waals surface area contributed by atoms with Crippen molar-refractivity contribution in [3.05, 3.63) is 70.9 Å². The lowest BCUT2D eigenvalue weighted by molar-refractivity contribution is 0.303. The van der Waals surface area contributed by atoms with Gasteiger partial charge in [0.15, 0.2) is 9.84 Å². The monoisotopic (exact) mass is 440 g/mol. The molecule has 1 fully saturated rings. The van der Waals surface area contributed by atoms with Crippen LogP contribution >= 0.6 is 0 Å². The molecule has 4 rings (SSSR count). The van der Waals surface area contributed by atoms with Crippen molar-refractivity contribution in [3.63, 3.8) is 0 Å². The van der Waals surface area contributed by atoms with Crippen molar-refractivity contribution in [2.75, 3.05) is 6.26 Å². The predicted octanol–water partition coefficient (Wildman–Crippen LogP) is 4.70. The van der Waals surface area contributed by atoms with Crippen LogP contribution in [0, 0.1) is 11.7 Å². The van der Waals surface area contributed by atoms with E-state index in [1.807, 2.05) is 0 Å². The summed E-state index contributed by atoms with van der Waals surface area (Å²) in [6.45, 7) is 0.552. The van der Waals surface area contributed by atoms with Crippen LogP contribution < -0.4 is 5.56 Å². The van der Waals surface area contributed by atoms with Crippen LogP contribution in [0.4, 0.5) is 4.39 Å². The zero-order chi connectivity index (χ0) is 22.0. The second kappa shape index (κ2) is 8.75. The van der Waals surface area contributed by atoms with Gasteiger partial charge in [0, 0.05) is 18.4 Å². The van der Waals surface area contributed by atoms with Crippen LogP contribution in [-0.2, 0) is 16.4 Å². The SMILES string of the molecule is CS(=O)(=O)c1cccc(-c2cnn(CC3CCCCC3)c(=O)c2-c2ccc(F)cc2)c1. The molecule has 0 aliphatic heterocycles. The van der Waals surface area contributed by atoms with E-state index in [1.54, 1.807) is 36.5 Å². The quantitative estimate of drug-likeness (QED) is 0.577. The van der Waals surface area contributed by atoms with Gasteiger partial charge in [-0.15, -0.1) is 0 Å². The molecule has 7 heteroatoms. The smallest absolute Gasteiger partial charge is 0.267 e. The van der Waals surface area contributed by atoms with Crippen molar-refractivity contribution in [3.8, 4) is 22.3 Å². The molecule has 1 heterocycles. The summed E-state index contributed by atoms with van der Waals surface area (Å²) < 4.78 is 39.1. The second-order valence-electron chi connectivity index (χ2n) is 8.23. The third-order valence-electron chi connectivity index (χ3n) is 5.91. The predicted molar refractivity (Wildman–Crippen MR) is 119 cm³/mol. The molecule has 0 spiro atoms. The Hall–Kier alpha value is -2.80. The topological polar surface area (TPSA) is 69.0 Å². The van der Waals surface area contributed by atoms with Crippen molar-refractivity contribution in [2.45, 2.75) is 43.5 Å². The van der Waals surface area contributed by atoms with Gasteiger partial charge >= 0.3 is 0 Å². The Labute approximate surface area is 181 Å². The van der Waals surface area contributed by atoms with Crippen molar-refractivity contribution < 1.29 is 12.8 Å². The number of hydrogen-bond donors (Lipinski definition) is 0. The largest absolute Gasteiger partial charge is 0.275 e. The first kappa shape index (κ1) is 21.4. The molecule has 1 aliphatic rings. The number of nitrogens with zero attached hydrogens (tertiary/aromatic N) is 2. The summed E-state index contributed by atoms with van der Waals surface area (Å²) in [4.78, 5) is 13.7. The molecule has 162 valence electrons. The Bertz CT molecular complexity index is 1240. The third kappa shape index (κ3) is 4.77. The molecular weight excluding hydrogens is 415 g/mol. The molecule has 0 saturated heterocycles. The number of hydrogen-bond acceptors (Lipinski definition) is 4. The molecular formula is C24H25FN2O3S. The lowest BCUT2D eigenvalue weighted by Gasteiger charge is -2.22. The van der Waals surface area contributed by atoms with E-state index >= 15 is 0 Å². The van der Waals surface area contributed by atoms with E-state index in [9.17, 15) is 17.6 Å². The Morgan fingerprint density at radius 2 is 1.74 bits per heavy atom. The van der Waals surface area contributed by atoms with E-state index < -0.39 is 9.84 Å². The van der Waals surface area contributed by atoms with Gasteiger partial charge in [-0.3, -0.25) is 4.79 Å². The summed E-state index contributed by atoms with van der Waals surface area (Å²) in [5.41, 5.74) is 1.83. The number of aromatic nitrogens is 2. The van der Waals surface area contributed by atoms with E-state index in [2.05, 4.69) is 5.10 Å². The highest BCUT2D eigenvalue weighted by molar-refractivity contribution is 7.90. The lowest BCUT2D eigenvalue weighted by Crippen LogP contribution is -2.29. The van der Waals surface area contributed by atoms with Crippen LogP contribution in [0.15, 0.2) is 64.4 Å². The molecule has 5 nitrogen and oxygen atoms in total. The Balaban J connectivity index is 1.86. The van der Waals surface area contributed by atoms with Gasteiger partial charge in [-0.1, -0.05) is 43.5 Å². The summed E-state index contributed by atoms with van der Waals surface area (Å²) in [5.74, 6) is 0.0281. The Kier molecular flexibility index (Phi) is 6.05. The summed E-state index contributed by atoms with van der Waals surface area (Å²) in [6, 6.07) is 12.2. The zero-order valence-electron chi connectivity index (χ0n) is 17.4. The van der Waals surface area contributed by atoms with E-state index in [0.717, 1.165) is 19.1 Å². The Morgan fingerprint density at radius 1 is 1.03 bits per heavy atom. The number of sulfone groups is 1. The highest BCUT2D eigenvalue weighted by Gasteiger charge is 2.20. The molecule has 0 amide bonds. The molecule has 31 heavy (non-hydrogen) atoms. The number of benzene rings is 2. The fourth-order valence-corrected chi connectivity index (χ4v) is 4.91. The summed E-state index contributed by atoms with van der Waals surface area (Å²) in [7, 11) is -3.41. The van der Waals surface area contributed by atoms with Crippen LogP contribution in [0.3, 0.4) is 0 Å². The second-order valence-corrected chi connectivity index (χ2v) is 10.2. The number of halogens is 1. The van der Waals surface area contributed by atoms with Crippen LogP contribution in [0.25, 0.3) is 22.3 Å². The van der Waals surface area contributed by atoms with E-state index in [0.29, 0.717) is 34.7 Å². The van der Waals surface area contributed by atoms with Crippen LogP contribution in [-0.4, -0.2) is 24.5 Å². The van der Waals surface area contributed by atoms with Crippen molar-refractivity contribution in [1.29, 1.82) is 0 Å². The van der Waals surface area contributed by atoms with Crippen LogP contribution in [0.2, 0.25) is 0 Å². The minimum atomic E-state index is -3.41. The Morgan fingerprint density at radius 3 is 2.42 bits per heavy atom. The van der Waals surface area contributed by atoms with E-state index in [-0.39, 0.29) is 16.3 Å². The van der Waals surface area contributed by atoms with Gasteiger partial charge in [0.2, 0.25) is 0 Å². The summed E-state index contributed by atoms with van der Waals surface area (Å²) in [6.07, 6.45) is 8.49. The van der Waals surface area contributed by atoms with Gasteiger partial charge in [0.25, 0.3) is 5.56 Å². The van der Waals surface area contributed by atoms with Gasteiger partial charge < -0.3 is 0 Å². The normalized spacial score (nSPS) is 15.2. The van der Waals surface area contributed by atoms with E-state index in [1.165, 1.54) is 42.1 Å². The standard InChI is InChI=1S/C24H25FN2O3S/c1-31(29,30)21-9-5-8-19(14-21)22-15-26-27(16-17-6-3-2-4-7-17)24(28)23(22)18-10-12-20(25)13-11-18/h5,8-15,17H,2-4,6-7,16H2,1H3. The molecule has 1 aliphatic carbocycles. The molecule has 2 aromatic carbocycles. The molecule has 0 bridgehead atoms. The minimum Gasteiger partial charge on any atom is -0.267 e. The van der Waals surface area contributed by atoms with Crippen LogP contribution in [0.1, 0.15) is 32.1 Å². The maximum Gasteiger partial charge on any atom is 0.275 e. The van der Waals surface area contributed by atoms with Crippen molar-refractivity contribution >= 4 is 9.84 Å². The lowest BCUT2D eigenvalue weighted by atomic mass is 9.89. The van der Waals surface area contributed by atoms with Gasteiger partial charge in [0.05, 0.1) is 16.7 Å². The zero-order valence-corrected chi connectivity index (χ0v) is 18.2. The van der Waals surface area contributed by atoms with Gasteiger partial charge in [-0.2, -0.15) is 5.10 Å². The highest BCUT2D eigenvalue weighted by Crippen LogP contribution is 2.31. The first-order valence-electron chi connectivity index (χ1n) is 10.5. The molecule has 0 radical (unpaired) electrons. The first-order chi connectivity index (χ1) is 14.8. The van der Waals surface area contributed by atoms with Crippen molar-refractivity contribution in [2.24, 2.45) is 5.92 Å². The van der Waals surface area contributed by atoms with Gasteiger partial charge in [-0.25, -0.2) is 17.5 Å². The molecule has 3 aromatic rings. The highest BCUT2D eigenvalue weighted by atomic mass is 32.2. The maximum atomic E-state index is 13.5. The molecule has 0 N–H and O–H groups in total. The maximum absolute atomic E-state index is 13.5. The molecule has 0 atom stereocenters. The average molecular weight is 441 g/mol. The van der Waals surface area contributed by atoms with Crippen LogP contribution in [0.5, 0.6) is 0 Å². The van der Waals surface area contributed by atoms with Crippen molar-refractivity contribution in [1.82, 2.24) is 9.78 Å². The average Bonchev–Trinajstić information content (AvgIpc) is 2.76. The van der Waals surface area contributed by atoms with Gasteiger partial charge in [0.1, 0.15) is 5.82 Å². The third-order valence-corrected chi connectivity index (χ3v) is 7.02. The first-order valence-corrected chi connectivity index (χ1v) is 12.4. The van der Waals surface area contributed by atoms with E-state index in [4.69, 9.17) is 0 Å². The molecule has 0 unspecified atom stereocenters. The molecule has 1 saturated carbocycles. The molecule has 1 aromatic heterocycles.